The van der Waals surface area contributed by atoms with Gasteiger partial charge in [-0.25, -0.2) is 4.98 Å². The minimum absolute atomic E-state index is 0.0590. The van der Waals surface area contributed by atoms with Crippen LogP contribution in [0, 0.1) is 13.8 Å². The first-order valence-corrected chi connectivity index (χ1v) is 11.8. The Morgan fingerprint density at radius 3 is 2.50 bits per heavy atom. The lowest BCUT2D eigenvalue weighted by Crippen LogP contribution is -2.42. The normalized spacial score (nSPS) is 10.8. The van der Waals surface area contributed by atoms with Gasteiger partial charge >= 0.3 is 0 Å². The Hall–Kier alpha value is -3.62. The molecule has 0 spiro atoms. The van der Waals surface area contributed by atoms with Gasteiger partial charge in [0.05, 0.1) is 22.3 Å². The molecule has 2 amide bonds. The number of hydrazine groups is 1. The smallest absolute Gasteiger partial charge is 0.269 e. The summed E-state index contributed by atoms with van der Waals surface area (Å²) in [5.74, 6) is -0.968. The molecule has 0 bridgehead atoms. The quantitative estimate of drug-likeness (QED) is 0.247. The van der Waals surface area contributed by atoms with Gasteiger partial charge in [-0.3, -0.25) is 29.8 Å². The maximum absolute atomic E-state index is 13.4. The molecule has 0 saturated carbocycles. The summed E-state index contributed by atoms with van der Waals surface area (Å²) in [7, 11) is 0. The zero-order valence-corrected chi connectivity index (χ0v) is 20.0. The second-order valence-electron chi connectivity index (χ2n) is 7.64. The molecule has 1 aromatic heterocycles. The van der Waals surface area contributed by atoms with Crippen LogP contribution in [0.5, 0.6) is 0 Å². The molecule has 0 atom stereocenters. The minimum atomic E-state index is -0.467. The van der Waals surface area contributed by atoms with E-state index in [1.54, 1.807) is 42.5 Å². The summed E-state index contributed by atoms with van der Waals surface area (Å²) >= 11 is 6.95. The van der Waals surface area contributed by atoms with Crippen molar-refractivity contribution in [1.29, 1.82) is 0 Å². The lowest BCUT2D eigenvalue weighted by molar-refractivity contribution is -0.119. The molecule has 7 nitrogen and oxygen atoms in total. The molecular formula is C25H21ClN4O3S. The molecule has 0 aliphatic carbocycles. The van der Waals surface area contributed by atoms with Crippen molar-refractivity contribution in [3.05, 3.63) is 98.8 Å². The van der Waals surface area contributed by atoms with Gasteiger partial charge < -0.3 is 0 Å². The van der Waals surface area contributed by atoms with Crippen LogP contribution in [-0.4, -0.2) is 27.1 Å². The zero-order chi connectivity index (χ0) is 24.2. The number of rotatable bonds is 5. The number of benzene rings is 3. The number of hydrogen-bond acceptors (Lipinski definition) is 5. The SMILES string of the molecule is Cc1ccc(C)c(-n2c(SCC(=O)NNC(=O)c3ccc(Cl)cc3)nc3ccccc3c2=O)c1. The standard InChI is InChI=1S/C25H21ClN4O3S/c1-15-7-8-16(2)21(13-15)30-24(33)19-5-3-4-6-20(19)27-25(30)34-14-22(31)28-29-23(32)17-9-11-18(26)12-10-17/h3-13H,14H2,1-2H3,(H,28,31)(H,29,32). The lowest BCUT2D eigenvalue weighted by Gasteiger charge is -2.16. The molecule has 172 valence electrons. The molecule has 9 heteroatoms. The van der Waals surface area contributed by atoms with Crippen molar-refractivity contribution in [2.45, 2.75) is 19.0 Å². The molecule has 3 aromatic carbocycles. The number of amides is 2. The molecular weight excluding hydrogens is 472 g/mol. The van der Waals surface area contributed by atoms with Crippen LogP contribution in [0.4, 0.5) is 0 Å². The Kier molecular flexibility index (Phi) is 7.00. The number of carbonyl (C=O) groups is 2. The highest BCUT2D eigenvalue weighted by Gasteiger charge is 2.16. The molecule has 4 aromatic rings. The summed E-state index contributed by atoms with van der Waals surface area (Å²) in [6.45, 7) is 3.87. The highest BCUT2D eigenvalue weighted by atomic mass is 35.5. The van der Waals surface area contributed by atoms with Crippen LogP contribution in [0.15, 0.2) is 76.7 Å². The van der Waals surface area contributed by atoms with Gasteiger partial charge in [-0.05, 0) is 67.4 Å². The Morgan fingerprint density at radius 1 is 1.00 bits per heavy atom. The van der Waals surface area contributed by atoms with Crippen molar-refractivity contribution in [3.63, 3.8) is 0 Å². The van der Waals surface area contributed by atoms with E-state index in [9.17, 15) is 14.4 Å². The molecule has 0 aliphatic heterocycles. The largest absolute Gasteiger partial charge is 0.272 e. The molecule has 4 rings (SSSR count). The summed E-state index contributed by atoms with van der Waals surface area (Å²) < 4.78 is 1.54. The summed E-state index contributed by atoms with van der Waals surface area (Å²) in [6, 6.07) is 19.2. The summed E-state index contributed by atoms with van der Waals surface area (Å²) in [5, 5.41) is 1.39. The van der Waals surface area contributed by atoms with Crippen molar-refractivity contribution in [1.82, 2.24) is 20.4 Å². The van der Waals surface area contributed by atoms with Gasteiger partial charge in [0.25, 0.3) is 11.5 Å². The van der Waals surface area contributed by atoms with Crippen LogP contribution in [-0.2, 0) is 4.79 Å². The topological polar surface area (TPSA) is 93.1 Å². The van der Waals surface area contributed by atoms with E-state index in [1.807, 2.05) is 38.1 Å². The average Bonchev–Trinajstić information content (AvgIpc) is 2.83. The van der Waals surface area contributed by atoms with Crippen LogP contribution in [0.3, 0.4) is 0 Å². The molecule has 0 unspecified atom stereocenters. The van der Waals surface area contributed by atoms with E-state index in [1.165, 1.54) is 4.57 Å². The first-order valence-electron chi connectivity index (χ1n) is 10.4. The predicted octanol–water partition coefficient (Wildman–Crippen LogP) is 4.21. The van der Waals surface area contributed by atoms with E-state index in [2.05, 4.69) is 15.8 Å². The number of thioether (sulfide) groups is 1. The maximum Gasteiger partial charge on any atom is 0.269 e. The fourth-order valence-corrected chi connectivity index (χ4v) is 4.28. The van der Waals surface area contributed by atoms with Crippen molar-refractivity contribution < 1.29 is 9.59 Å². The van der Waals surface area contributed by atoms with Crippen LogP contribution < -0.4 is 16.4 Å². The zero-order valence-electron chi connectivity index (χ0n) is 18.5. The number of hydrogen-bond donors (Lipinski definition) is 2. The van der Waals surface area contributed by atoms with Crippen LogP contribution >= 0.6 is 23.4 Å². The maximum atomic E-state index is 13.4. The van der Waals surface area contributed by atoms with Crippen molar-refractivity contribution >= 4 is 46.1 Å². The molecule has 0 fully saturated rings. The third kappa shape index (κ3) is 5.13. The van der Waals surface area contributed by atoms with E-state index in [0.29, 0.717) is 32.3 Å². The molecule has 0 radical (unpaired) electrons. The summed E-state index contributed by atoms with van der Waals surface area (Å²) in [6.07, 6.45) is 0. The van der Waals surface area contributed by atoms with Crippen LogP contribution in [0.2, 0.25) is 5.02 Å². The molecule has 2 N–H and O–H groups in total. The Balaban J connectivity index is 1.57. The first-order chi connectivity index (χ1) is 16.3. The first kappa shape index (κ1) is 23.5. The van der Waals surface area contributed by atoms with Gasteiger partial charge in [-0.2, -0.15) is 0 Å². The number of para-hydroxylation sites is 1. The predicted molar refractivity (Wildman–Crippen MR) is 135 cm³/mol. The van der Waals surface area contributed by atoms with Crippen molar-refractivity contribution in [2.75, 3.05) is 5.75 Å². The minimum Gasteiger partial charge on any atom is -0.272 e. The number of aromatic nitrogens is 2. The Bertz CT molecular complexity index is 1450. The fraction of sp³-hybridized carbons (Fsp3) is 0.120. The number of nitrogens with one attached hydrogen (secondary N) is 2. The number of halogens is 1. The summed E-state index contributed by atoms with van der Waals surface area (Å²) in [5.41, 5.74) is 8.08. The molecule has 34 heavy (non-hydrogen) atoms. The van der Waals surface area contributed by atoms with Crippen LogP contribution in [0.25, 0.3) is 16.6 Å². The molecule has 0 saturated heterocycles. The lowest BCUT2D eigenvalue weighted by atomic mass is 10.1. The Labute approximate surface area is 205 Å². The second kappa shape index (κ2) is 10.1. The van der Waals surface area contributed by atoms with E-state index >= 15 is 0 Å². The third-order valence-corrected chi connectivity index (χ3v) is 6.30. The molecule has 1 heterocycles. The number of fused-ring (bicyclic) bond motifs is 1. The highest BCUT2D eigenvalue weighted by Crippen LogP contribution is 2.23. The number of nitrogens with zero attached hydrogens (tertiary/aromatic N) is 2. The van der Waals surface area contributed by atoms with Gasteiger partial charge in [-0.15, -0.1) is 0 Å². The summed E-state index contributed by atoms with van der Waals surface area (Å²) in [4.78, 5) is 42.7. The van der Waals surface area contributed by atoms with Gasteiger partial charge in [0, 0.05) is 10.6 Å². The van der Waals surface area contributed by atoms with Crippen LogP contribution in [0.1, 0.15) is 21.5 Å². The number of aryl methyl sites for hydroxylation is 2. The van der Waals surface area contributed by atoms with Gasteiger partial charge in [0.15, 0.2) is 5.16 Å². The molecule has 0 aliphatic rings. The van der Waals surface area contributed by atoms with E-state index in [4.69, 9.17) is 11.6 Å². The van der Waals surface area contributed by atoms with E-state index in [0.717, 1.165) is 22.9 Å². The second-order valence-corrected chi connectivity index (χ2v) is 9.02. The van der Waals surface area contributed by atoms with Crippen molar-refractivity contribution in [2.24, 2.45) is 0 Å². The monoisotopic (exact) mass is 492 g/mol. The highest BCUT2D eigenvalue weighted by molar-refractivity contribution is 7.99. The van der Waals surface area contributed by atoms with Gasteiger partial charge in [-0.1, -0.05) is 47.6 Å². The van der Waals surface area contributed by atoms with E-state index < -0.39 is 11.8 Å². The number of carbonyl (C=O) groups excluding carboxylic acids is 2. The average molecular weight is 493 g/mol. The van der Waals surface area contributed by atoms with Gasteiger partial charge in [0.2, 0.25) is 5.91 Å². The Morgan fingerprint density at radius 2 is 1.74 bits per heavy atom. The third-order valence-electron chi connectivity index (χ3n) is 5.10. The van der Waals surface area contributed by atoms with Gasteiger partial charge in [0.1, 0.15) is 0 Å². The van der Waals surface area contributed by atoms with Crippen molar-refractivity contribution in [3.8, 4) is 5.69 Å². The van der Waals surface area contributed by atoms with E-state index in [-0.39, 0.29) is 11.3 Å². The fourth-order valence-electron chi connectivity index (χ4n) is 3.35.